The van der Waals surface area contributed by atoms with Crippen molar-refractivity contribution >= 4 is 22.2 Å². The van der Waals surface area contributed by atoms with E-state index in [1.54, 1.807) is 36.9 Å². The second-order valence-electron chi connectivity index (χ2n) is 3.89. The topological polar surface area (TPSA) is 110 Å². The highest BCUT2D eigenvalue weighted by molar-refractivity contribution is 5.71. The van der Waals surface area contributed by atoms with Crippen molar-refractivity contribution in [3.63, 3.8) is 0 Å². The molecule has 21 heavy (non-hydrogen) atoms. The maximum Gasteiger partial charge on any atom is 0.277 e. The van der Waals surface area contributed by atoms with Crippen LogP contribution in [-0.2, 0) is 0 Å². The van der Waals surface area contributed by atoms with Gasteiger partial charge in [-0.2, -0.15) is 0 Å². The van der Waals surface area contributed by atoms with Gasteiger partial charge in [0.05, 0.1) is 18.0 Å². The number of nitrogens with zero attached hydrogens (tertiary/aromatic N) is 6. The minimum absolute atomic E-state index is 0.199. The average Bonchev–Trinajstić information content (AvgIpc) is 2.56. The van der Waals surface area contributed by atoms with E-state index in [1.165, 1.54) is 12.7 Å². The smallest absolute Gasteiger partial charge is 0.277 e. The van der Waals surface area contributed by atoms with Crippen LogP contribution in [0.4, 0.5) is 0 Å². The Bertz CT molecular complexity index is 867. The van der Waals surface area contributed by atoms with Crippen molar-refractivity contribution in [1.29, 1.82) is 0 Å². The zero-order valence-electron chi connectivity index (χ0n) is 10.7. The third-order valence-corrected chi connectivity index (χ3v) is 2.55. The monoisotopic (exact) mass is 279 g/mol. The van der Waals surface area contributed by atoms with E-state index >= 15 is 0 Å². The quantitative estimate of drug-likeness (QED) is 0.505. The summed E-state index contributed by atoms with van der Waals surface area (Å²) >= 11 is 0. The summed E-state index contributed by atoms with van der Waals surface area (Å²) in [7, 11) is 0. The minimum atomic E-state index is -0.199. The van der Waals surface area contributed by atoms with Crippen molar-refractivity contribution in [3.8, 4) is 0 Å². The molecular formula is C13H9N7O. The van der Waals surface area contributed by atoms with E-state index in [0.29, 0.717) is 16.7 Å². The van der Waals surface area contributed by atoms with Gasteiger partial charge in [-0.1, -0.05) is 0 Å². The van der Waals surface area contributed by atoms with Crippen molar-refractivity contribution in [2.75, 3.05) is 0 Å². The lowest BCUT2D eigenvalue weighted by Gasteiger charge is -1.90. The third-order valence-electron chi connectivity index (χ3n) is 2.55. The Hall–Kier alpha value is -3.29. The molecule has 0 aliphatic carbocycles. The molecule has 0 saturated heterocycles. The first-order chi connectivity index (χ1) is 10.3. The molecule has 8 heteroatoms. The van der Waals surface area contributed by atoms with Crippen LogP contribution in [0, 0.1) is 0 Å². The van der Waals surface area contributed by atoms with Crippen molar-refractivity contribution < 1.29 is 0 Å². The number of aromatic nitrogens is 7. The summed E-state index contributed by atoms with van der Waals surface area (Å²) in [5, 5.41) is 0. The molecular weight excluding hydrogens is 270 g/mol. The fourth-order valence-electron chi connectivity index (χ4n) is 1.63. The van der Waals surface area contributed by atoms with E-state index in [1.807, 2.05) is 0 Å². The molecule has 0 saturated carbocycles. The van der Waals surface area contributed by atoms with E-state index in [4.69, 9.17) is 0 Å². The third kappa shape index (κ3) is 2.84. The van der Waals surface area contributed by atoms with Crippen LogP contribution in [0.3, 0.4) is 0 Å². The molecule has 4 aromatic heterocycles. The second-order valence-corrected chi connectivity index (χ2v) is 3.89. The highest BCUT2D eigenvalue weighted by Gasteiger charge is 1.96. The molecule has 0 bridgehead atoms. The zero-order valence-corrected chi connectivity index (χ0v) is 10.7. The molecule has 0 unspecified atom stereocenters. The molecule has 102 valence electrons. The first-order valence-corrected chi connectivity index (χ1v) is 6.00. The molecule has 0 aliphatic rings. The number of aromatic amines is 1. The Morgan fingerprint density at radius 2 is 1.81 bits per heavy atom. The largest absolute Gasteiger partial charge is 0.311 e. The number of pyridine rings is 1. The molecule has 4 heterocycles. The van der Waals surface area contributed by atoms with Gasteiger partial charge in [-0.15, -0.1) is 0 Å². The SMILES string of the molecule is O=c1[nH]cnc2cccnc12.c1cnc2ncncc2n1. The van der Waals surface area contributed by atoms with Gasteiger partial charge in [-0.05, 0) is 12.1 Å². The fourth-order valence-corrected chi connectivity index (χ4v) is 1.63. The normalized spacial score (nSPS) is 10.1. The lowest BCUT2D eigenvalue weighted by molar-refractivity contribution is 1.15. The van der Waals surface area contributed by atoms with Gasteiger partial charge in [-0.25, -0.2) is 29.9 Å². The van der Waals surface area contributed by atoms with Crippen LogP contribution in [0.2, 0.25) is 0 Å². The number of H-pyrrole nitrogens is 1. The molecule has 0 aliphatic heterocycles. The number of hydrogen-bond donors (Lipinski definition) is 1. The first-order valence-electron chi connectivity index (χ1n) is 6.00. The molecule has 0 spiro atoms. The van der Waals surface area contributed by atoms with E-state index < -0.39 is 0 Å². The number of hydrogen-bond acceptors (Lipinski definition) is 7. The summed E-state index contributed by atoms with van der Waals surface area (Å²) in [5.74, 6) is 0. The average molecular weight is 279 g/mol. The molecule has 1 N–H and O–H groups in total. The summed E-state index contributed by atoms with van der Waals surface area (Å²) < 4.78 is 0. The lowest BCUT2D eigenvalue weighted by Crippen LogP contribution is -2.07. The predicted molar refractivity (Wildman–Crippen MR) is 75.3 cm³/mol. The highest BCUT2D eigenvalue weighted by atomic mass is 16.1. The Labute approximate surface area is 118 Å². The lowest BCUT2D eigenvalue weighted by atomic mass is 10.4. The van der Waals surface area contributed by atoms with Crippen molar-refractivity contribution in [2.45, 2.75) is 0 Å². The van der Waals surface area contributed by atoms with Crippen LogP contribution in [-0.4, -0.2) is 34.9 Å². The Morgan fingerprint density at radius 3 is 2.67 bits per heavy atom. The van der Waals surface area contributed by atoms with E-state index in [2.05, 4.69) is 34.9 Å². The summed E-state index contributed by atoms with van der Waals surface area (Å²) in [4.78, 5) is 36.9. The van der Waals surface area contributed by atoms with Gasteiger partial charge in [0.25, 0.3) is 5.56 Å². The second kappa shape index (κ2) is 5.78. The van der Waals surface area contributed by atoms with Gasteiger partial charge in [0, 0.05) is 18.6 Å². The van der Waals surface area contributed by atoms with Crippen molar-refractivity contribution in [2.24, 2.45) is 0 Å². The maximum absolute atomic E-state index is 11.0. The first kappa shape index (κ1) is 12.7. The van der Waals surface area contributed by atoms with Gasteiger partial charge < -0.3 is 4.98 Å². The molecule has 0 atom stereocenters. The molecule has 0 radical (unpaired) electrons. The number of fused-ring (bicyclic) bond motifs is 2. The zero-order chi connectivity index (χ0) is 14.5. The molecule has 0 fully saturated rings. The van der Waals surface area contributed by atoms with Gasteiger partial charge in [0.1, 0.15) is 11.8 Å². The Morgan fingerprint density at radius 1 is 0.905 bits per heavy atom. The van der Waals surface area contributed by atoms with E-state index in [0.717, 1.165) is 5.52 Å². The van der Waals surface area contributed by atoms with Crippen LogP contribution < -0.4 is 5.56 Å². The summed E-state index contributed by atoms with van der Waals surface area (Å²) in [6.07, 6.45) is 9.25. The van der Waals surface area contributed by atoms with Gasteiger partial charge in [-0.3, -0.25) is 4.79 Å². The van der Waals surface area contributed by atoms with Gasteiger partial charge >= 0.3 is 0 Å². The summed E-state index contributed by atoms with van der Waals surface area (Å²) in [6, 6.07) is 3.49. The number of rotatable bonds is 0. The summed E-state index contributed by atoms with van der Waals surface area (Å²) in [6.45, 7) is 0. The summed E-state index contributed by atoms with van der Waals surface area (Å²) in [5.41, 5.74) is 2.17. The molecule has 0 amide bonds. The van der Waals surface area contributed by atoms with Crippen molar-refractivity contribution in [3.05, 3.63) is 59.9 Å². The van der Waals surface area contributed by atoms with Crippen molar-refractivity contribution in [1.82, 2.24) is 34.9 Å². The number of nitrogens with one attached hydrogen (secondary N) is 1. The Kier molecular flexibility index (Phi) is 3.50. The van der Waals surface area contributed by atoms with Crippen LogP contribution in [0.15, 0.2) is 54.4 Å². The maximum atomic E-state index is 11.0. The molecule has 0 aromatic carbocycles. The predicted octanol–water partition coefficient (Wildman–Crippen LogP) is 0.738. The molecule has 4 aromatic rings. The van der Waals surface area contributed by atoms with Gasteiger partial charge in [0.15, 0.2) is 11.2 Å². The van der Waals surface area contributed by atoms with Crippen LogP contribution in [0.1, 0.15) is 0 Å². The van der Waals surface area contributed by atoms with Crippen LogP contribution >= 0.6 is 0 Å². The standard InChI is InChI=1S/C7H5N3O.C6H4N4/c11-7-6-5(9-4-10-7)2-1-3-8-6;1-2-9-6-5(8-1)3-7-4-10-6/h1-4H,(H,9,10,11);1-4H. The highest BCUT2D eigenvalue weighted by Crippen LogP contribution is 1.99. The van der Waals surface area contributed by atoms with Gasteiger partial charge in [0.2, 0.25) is 0 Å². The molecule has 8 nitrogen and oxygen atoms in total. The Balaban J connectivity index is 0.000000126. The van der Waals surface area contributed by atoms with Crippen LogP contribution in [0.5, 0.6) is 0 Å². The molecule has 4 rings (SSSR count). The van der Waals surface area contributed by atoms with E-state index in [-0.39, 0.29) is 5.56 Å². The minimum Gasteiger partial charge on any atom is -0.311 e. The van der Waals surface area contributed by atoms with Crippen LogP contribution in [0.25, 0.3) is 22.2 Å². The fraction of sp³-hybridized carbons (Fsp3) is 0. The van der Waals surface area contributed by atoms with E-state index in [9.17, 15) is 4.79 Å².